The molecule has 0 radical (unpaired) electrons. The van der Waals surface area contributed by atoms with Gasteiger partial charge in [-0.15, -0.1) is 0 Å². The van der Waals surface area contributed by atoms with Gasteiger partial charge in [-0.3, -0.25) is 0 Å². The van der Waals surface area contributed by atoms with E-state index < -0.39 is 0 Å². The molecule has 0 saturated heterocycles. The van der Waals surface area contributed by atoms with Crippen LogP contribution < -0.4 is 10.6 Å². The van der Waals surface area contributed by atoms with Crippen LogP contribution >= 0.6 is 12.2 Å². The Morgan fingerprint density at radius 1 is 0.950 bits per heavy atom. The Hall–Kier alpha value is -1.87. The van der Waals surface area contributed by atoms with E-state index >= 15 is 0 Å². The van der Waals surface area contributed by atoms with Crippen LogP contribution in [0.25, 0.3) is 0 Å². The third-order valence-electron chi connectivity index (χ3n) is 3.63. The van der Waals surface area contributed by atoms with Crippen LogP contribution in [0.1, 0.15) is 23.1 Å². The molecule has 3 heteroatoms. The Kier molecular flexibility index (Phi) is 3.70. The van der Waals surface area contributed by atoms with Gasteiger partial charge in [0.2, 0.25) is 0 Å². The lowest BCUT2D eigenvalue weighted by atomic mass is 10.1. The van der Waals surface area contributed by atoms with Gasteiger partial charge < -0.3 is 10.6 Å². The highest BCUT2D eigenvalue weighted by molar-refractivity contribution is 7.80. The van der Waals surface area contributed by atoms with Gasteiger partial charge in [-0.1, -0.05) is 18.2 Å². The summed E-state index contributed by atoms with van der Waals surface area (Å²) in [4.78, 5) is 0. The van der Waals surface area contributed by atoms with Crippen molar-refractivity contribution in [2.75, 3.05) is 10.6 Å². The van der Waals surface area contributed by atoms with Crippen LogP contribution in [-0.4, -0.2) is 5.11 Å². The van der Waals surface area contributed by atoms with Gasteiger partial charge in [-0.25, -0.2) is 0 Å². The van der Waals surface area contributed by atoms with E-state index in [2.05, 4.69) is 47.9 Å². The summed E-state index contributed by atoms with van der Waals surface area (Å²) in [5.41, 5.74) is 6.23. The molecule has 2 aromatic carbocycles. The maximum Gasteiger partial charge on any atom is 0.175 e. The molecule has 0 atom stereocenters. The Morgan fingerprint density at radius 3 is 2.50 bits per heavy atom. The molecule has 2 N–H and O–H groups in total. The van der Waals surface area contributed by atoms with Gasteiger partial charge in [0.05, 0.1) is 0 Å². The number of hydrogen-bond acceptors (Lipinski definition) is 1. The second-order valence-electron chi connectivity index (χ2n) is 5.29. The monoisotopic (exact) mass is 282 g/mol. The van der Waals surface area contributed by atoms with Crippen LogP contribution in [0, 0.1) is 6.92 Å². The summed E-state index contributed by atoms with van der Waals surface area (Å²) in [5.74, 6) is 0. The summed E-state index contributed by atoms with van der Waals surface area (Å²) in [7, 11) is 0. The minimum atomic E-state index is 0.633. The van der Waals surface area contributed by atoms with Crippen molar-refractivity contribution >= 4 is 28.7 Å². The molecular weight excluding hydrogens is 264 g/mol. The largest absolute Gasteiger partial charge is 0.332 e. The molecule has 0 aromatic heterocycles. The zero-order valence-electron chi connectivity index (χ0n) is 11.6. The Bertz CT molecular complexity index is 649. The van der Waals surface area contributed by atoms with E-state index in [1.54, 1.807) is 0 Å². The first kappa shape index (κ1) is 13.1. The fourth-order valence-electron chi connectivity index (χ4n) is 2.67. The number of aryl methyl sites for hydroxylation is 3. The number of rotatable bonds is 2. The first-order chi connectivity index (χ1) is 9.70. The molecule has 20 heavy (non-hydrogen) atoms. The van der Waals surface area contributed by atoms with Gasteiger partial charge in [0.1, 0.15) is 0 Å². The first-order valence-electron chi connectivity index (χ1n) is 6.97. The third kappa shape index (κ3) is 2.99. The molecule has 0 fully saturated rings. The predicted octanol–water partition coefficient (Wildman–Crippen LogP) is 4.29. The average molecular weight is 282 g/mol. The number of fused-ring (bicyclic) bond motifs is 1. The van der Waals surface area contributed by atoms with E-state index in [0.717, 1.165) is 11.4 Å². The topological polar surface area (TPSA) is 24.1 Å². The molecule has 2 nitrogen and oxygen atoms in total. The summed E-state index contributed by atoms with van der Waals surface area (Å²) in [5, 5.41) is 7.11. The van der Waals surface area contributed by atoms with Gasteiger partial charge in [0, 0.05) is 11.4 Å². The van der Waals surface area contributed by atoms with E-state index in [4.69, 9.17) is 12.2 Å². The van der Waals surface area contributed by atoms with Crippen molar-refractivity contribution in [1.29, 1.82) is 0 Å². The van der Waals surface area contributed by atoms with Crippen LogP contribution in [-0.2, 0) is 12.8 Å². The summed E-state index contributed by atoms with van der Waals surface area (Å²) in [6.45, 7) is 2.07. The summed E-state index contributed by atoms with van der Waals surface area (Å²) >= 11 is 5.37. The summed E-state index contributed by atoms with van der Waals surface area (Å²) in [6.07, 6.45) is 3.66. The van der Waals surface area contributed by atoms with Crippen LogP contribution in [0.3, 0.4) is 0 Å². The van der Waals surface area contributed by atoms with Gasteiger partial charge in [-0.2, -0.15) is 0 Å². The molecule has 1 aliphatic rings. The first-order valence-corrected chi connectivity index (χ1v) is 7.38. The molecule has 0 amide bonds. The molecule has 0 unspecified atom stereocenters. The van der Waals surface area contributed by atoms with Crippen molar-refractivity contribution in [3.8, 4) is 0 Å². The second-order valence-corrected chi connectivity index (χ2v) is 5.69. The average Bonchev–Trinajstić information content (AvgIpc) is 2.86. The molecule has 1 aliphatic carbocycles. The standard InChI is InChI=1S/C17H18N2S/c1-12-4-2-7-15(10-12)18-17(20)19-16-9-8-13-5-3-6-14(13)11-16/h2,4,7-11H,3,5-6H2,1H3,(H2,18,19,20). The van der Waals surface area contributed by atoms with Crippen molar-refractivity contribution < 1.29 is 0 Å². The lowest BCUT2D eigenvalue weighted by Crippen LogP contribution is -2.19. The predicted molar refractivity (Wildman–Crippen MR) is 89.5 cm³/mol. The Balaban J connectivity index is 1.67. The Morgan fingerprint density at radius 2 is 1.70 bits per heavy atom. The zero-order valence-corrected chi connectivity index (χ0v) is 12.4. The molecular formula is C17H18N2S. The van der Waals surface area contributed by atoms with E-state index in [1.165, 1.54) is 36.0 Å². The number of hydrogen-bond donors (Lipinski definition) is 2. The van der Waals surface area contributed by atoms with Crippen molar-refractivity contribution in [3.05, 3.63) is 59.2 Å². The Labute approximate surface area is 125 Å². The van der Waals surface area contributed by atoms with Crippen LogP contribution in [0.2, 0.25) is 0 Å². The number of benzene rings is 2. The maximum absolute atomic E-state index is 5.37. The molecule has 2 aromatic rings. The maximum atomic E-state index is 5.37. The van der Waals surface area contributed by atoms with E-state index in [9.17, 15) is 0 Å². The lowest BCUT2D eigenvalue weighted by Gasteiger charge is -2.12. The number of anilines is 2. The molecule has 102 valence electrons. The normalized spacial score (nSPS) is 12.8. The smallest absolute Gasteiger partial charge is 0.175 e. The molecule has 0 saturated carbocycles. The van der Waals surface area contributed by atoms with E-state index in [1.807, 2.05) is 12.1 Å². The minimum absolute atomic E-state index is 0.633. The van der Waals surface area contributed by atoms with Crippen LogP contribution in [0.15, 0.2) is 42.5 Å². The van der Waals surface area contributed by atoms with Crippen LogP contribution in [0.4, 0.5) is 11.4 Å². The zero-order chi connectivity index (χ0) is 13.9. The lowest BCUT2D eigenvalue weighted by molar-refractivity contribution is 0.912. The minimum Gasteiger partial charge on any atom is -0.332 e. The number of thiocarbonyl (C=S) groups is 1. The third-order valence-corrected chi connectivity index (χ3v) is 3.84. The van der Waals surface area contributed by atoms with Crippen molar-refractivity contribution in [2.24, 2.45) is 0 Å². The highest BCUT2D eigenvalue weighted by Crippen LogP contribution is 2.25. The van der Waals surface area contributed by atoms with Crippen molar-refractivity contribution in [3.63, 3.8) is 0 Å². The van der Waals surface area contributed by atoms with Crippen molar-refractivity contribution in [1.82, 2.24) is 0 Å². The highest BCUT2D eigenvalue weighted by atomic mass is 32.1. The molecule has 0 bridgehead atoms. The van der Waals surface area contributed by atoms with Crippen molar-refractivity contribution in [2.45, 2.75) is 26.2 Å². The van der Waals surface area contributed by atoms with E-state index in [-0.39, 0.29) is 0 Å². The molecule has 0 spiro atoms. The highest BCUT2D eigenvalue weighted by Gasteiger charge is 2.11. The van der Waals surface area contributed by atoms with Crippen LogP contribution in [0.5, 0.6) is 0 Å². The fourth-order valence-corrected chi connectivity index (χ4v) is 2.90. The van der Waals surface area contributed by atoms with Gasteiger partial charge in [0.25, 0.3) is 0 Å². The second kappa shape index (κ2) is 5.63. The fraction of sp³-hybridized carbons (Fsp3) is 0.235. The number of nitrogens with one attached hydrogen (secondary N) is 2. The van der Waals surface area contributed by atoms with Gasteiger partial charge >= 0.3 is 0 Å². The SMILES string of the molecule is Cc1cccc(NC(=S)Nc2ccc3c(c2)CCC3)c1. The summed E-state index contributed by atoms with van der Waals surface area (Å²) < 4.78 is 0. The molecule has 0 aliphatic heterocycles. The quantitative estimate of drug-likeness (QED) is 0.803. The van der Waals surface area contributed by atoms with Gasteiger partial charge in [-0.05, 0) is 79.4 Å². The summed E-state index contributed by atoms with van der Waals surface area (Å²) in [6, 6.07) is 14.7. The van der Waals surface area contributed by atoms with E-state index in [0.29, 0.717) is 5.11 Å². The molecule has 0 heterocycles. The molecule has 3 rings (SSSR count). The van der Waals surface area contributed by atoms with Gasteiger partial charge in [0.15, 0.2) is 5.11 Å².